The molecule has 1 aromatic carbocycles. The topological polar surface area (TPSA) is 40.6 Å². The van der Waals surface area contributed by atoms with Crippen LogP contribution in [0.15, 0.2) is 24.3 Å². The van der Waals surface area contributed by atoms with Gasteiger partial charge in [-0.05, 0) is 43.6 Å². The molecule has 2 aliphatic heterocycles. The molecule has 2 fully saturated rings. The zero-order chi connectivity index (χ0) is 17.8. The monoisotopic (exact) mass is 390 g/mol. The van der Waals surface area contributed by atoms with Crippen LogP contribution in [0.4, 0.5) is 0 Å². The molecule has 140 valence electrons. The minimum absolute atomic E-state index is 0.310. The molecule has 0 amide bonds. The van der Waals surface area contributed by atoms with Gasteiger partial charge in [-0.3, -0.25) is 4.90 Å². The average Bonchev–Trinajstić information content (AvgIpc) is 3.13. The number of thiazole rings is 1. The SMILES string of the molecule is S=C(NCCN1CCOCC1)N1CCCC[C@@H]1c1nc2ccccc2s1. The summed E-state index contributed by atoms with van der Waals surface area (Å²) in [5, 5.41) is 5.56. The summed E-state index contributed by atoms with van der Waals surface area (Å²) in [4.78, 5) is 9.68. The molecule has 1 N–H and O–H groups in total. The van der Waals surface area contributed by atoms with E-state index in [1.165, 1.54) is 22.5 Å². The van der Waals surface area contributed by atoms with E-state index in [0.717, 1.165) is 63.0 Å². The summed E-state index contributed by atoms with van der Waals surface area (Å²) in [6.45, 7) is 6.65. The predicted octanol–water partition coefficient (Wildman–Crippen LogP) is 3.03. The van der Waals surface area contributed by atoms with Gasteiger partial charge in [0.2, 0.25) is 0 Å². The average molecular weight is 391 g/mol. The minimum atomic E-state index is 0.310. The molecule has 2 aliphatic rings. The number of para-hydroxylation sites is 1. The van der Waals surface area contributed by atoms with Crippen molar-refractivity contribution in [2.24, 2.45) is 0 Å². The zero-order valence-electron chi connectivity index (χ0n) is 15.0. The fourth-order valence-electron chi connectivity index (χ4n) is 3.71. The Kier molecular flexibility index (Phi) is 5.99. The summed E-state index contributed by atoms with van der Waals surface area (Å²) < 4.78 is 6.67. The van der Waals surface area contributed by atoms with Gasteiger partial charge in [0, 0.05) is 32.7 Å². The third-order valence-corrected chi connectivity index (χ3v) is 6.68. The highest BCUT2D eigenvalue weighted by atomic mass is 32.1. The molecule has 26 heavy (non-hydrogen) atoms. The second kappa shape index (κ2) is 8.61. The van der Waals surface area contributed by atoms with Crippen LogP contribution < -0.4 is 5.32 Å². The number of benzene rings is 1. The number of rotatable bonds is 4. The first-order chi connectivity index (χ1) is 12.8. The maximum Gasteiger partial charge on any atom is 0.169 e. The molecule has 5 nitrogen and oxygen atoms in total. The van der Waals surface area contributed by atoms with Crippen molar-refractivity contribution in [2.75, 3.05) is 45.9 Å². The standard InChI is InChI=1S/C19H26N4OS2/c25-19(20-8-10-22-11-13-24-14-12-22)23-9-4-3-6-16(23)18-21-15-5-1-2-7-17(15)26-18/h1-2,5,7,16H,3-4,6,8-14H2,(H,20,25)/t16-/m1/s1. The van der Waals surface area contributed by atoms with Crippen molar-refractivity contribution < 1.29 is 4.74 Å². The molecule has 0 radical (unpaired) electrons. The second-order valence-electron chi connectivity index (χ2n) is 6.91. The number of hydrogen-bond donors (Lipinski definition) is 1. The first kappa shape index (κ1) is 18.1. The summed E-state index contributed by atoms with van der Waals surface area (Å²) in [6.07, 6.45) is 3.57. The molecule has 2 saturated heterocycles. The van der Waals surface area contributed by atoms with Gasteiger partial charge in [0.25, 0.3) is 0 Å². The Morgan fingerprint density at radius 1 is 1.23 bits per heavy atom. The van der Waals surface area contributed by atoms with Crippen LogP contribution in [-0.2, 0) is 4.74 Å². The molecule has 1 atom stereocenters. The summed E-state index contributed by atoms with van der Waals surface area (Å²) in [7, 11) is 0. The van der Waals surface area contributed by atoms with E-state index in [2.05, 4.69) is 39.4 Å². The van der Waals surface area contributed by atoms with E-state index in [1.807, 2.05) is 11.3 Å². The number of piperidine rings is 1. The van der Waals surface area contributed by atoms with Gasteiger partial charge in [-0.25, -0.2) is 4.98 Å². The molecule has 3 heterocycles. The molecule has 0 unspecified atom stereocenters. The van der Waals surface area contributed by atoms with Gasteiger partial charge in [-0.2, -0.15) is 0 Å². The molecule has 1 aromatic heterocycles. The lowest BCUT2D eigenvalue weighted by molar-refractivity contribution is 0.0388. The van der Waals surface area contributed by atoms with Crippen LogP contribution in [0.2, 0.25) is 0 Å². The zero-order valence-corrected chi connectivity index (χ0v) is 16.7. The molecule has 4 rings (SSSR count). The number of likely N-dealkylation sites (tertiary alicyclic amines) is 1. The molecule has 0 aliphatic carbocycles. The highest BCUT2D eigenvalue weighted by molar-refractivity contribution is 7.80. The quantitative estimate of drug-likeness (QED) is 0.810. The molecule has 0 spiro atoms. The second-order valence-corrected chi connectivity index (χ2v) is 8.36. The molecule has 0 saturated carbocycles. The largest absolute Gasteiger partial charge is 0.379 e. The number of morpholine rings is 1. The van der Waals surface area contributed by atoms with Crippen LogP contribution in [0.1, 0.15) is 30.3 Å². The van der Waals surface area contributed by atoms with Crippen LogP contribution in [0.5, 0.6) is 0 Å². The summed E-state index contributed by atoms with van der Waals surface area (Å²) in [5.74, 6) is 0. The third kappa shape index (κ3) is 4.17. The van der Waals surface area contributed by atoms with Crippen molar-refractivity contribution in [3.63, 3.8) is 0 Å². The Labute approximate surface area is 164 Å². The van der Waals surface area contributed by atoms with Crippen molar-refractivity contribution in [1.82, 2.24) is 20.1 Å². The van der Waals surface area contributed by atoms with Crippen molar-refractivity contribution >= 4 is 38.9 Å². The third-order valence-electron chi connectivity index (χ3n) is 5.17. The lowest BCUT2D eigenvalue weighted by atomic mass is 10.0. The van der Waals surface area contributed by atoms with Gasteiger partial charge in [-0.1, -0.05) is 12.1 Å². The van der Waals surface area contributed by atoms with Gasteiger partial charge >= 0.3 is 0 Å². The number of aromatic nitrogens is 1. The fraction of sp³-hybridized carbons (Fsp3) is 0.579. The number of fused-ring (bicyclic) bond motifs is 1. The molecular weight excluding hydrogens is 364 g/mol. The van der Waals surface area contributed by atoms with Crippen molar-refractivity contribution in [3.05, 3.63) is 29.3 Å². The van der Waals surface area contributed by atoms with E-state index < -0.39 is 0 Å². The Bertz CT molecular complexity index is 711. The summed E-state index contributed by atoms with van der Waals surface area (Å²) in [5.41, 5.74) is 1.10. The number of nitrogens with one attached hydrogen (secondary N) is 1. The lowest BCUT2D eigenvalue weighted by Gasteiger charge is -2.37. The highest BCUT2D eigenvalue weighted by Gasteiger charge is 2.28. The number of nitrogens with zero attached hydrogens (tertiary/aromatic N) is 3. The maximum absolute atomic E-state index is 5.75. The highest BCUT2D eigenvalue weighted by Crippen LogP contribution is 2.35. The van der Waals surface area contributed by atoms with Gasteiger partial charge in [0.15, 0.2) is 5.11 Å². The van der Waals surface area contributed by atoms with Crippen molar-refractivity contribution in [2.45, 2.75) is 25.3 Å². The van der Waals surface area contributed by atoms with Crippen LogP contribution in [0.25, 0.3) is 10.2 Å². The number of ether oxygens (including phenoxy) is 1. The van der Waals surface area contributed by atoms with Crippen molar-refractivity contribution in [1.29, 1.82) is 0 Å². The molecular formula is C19H26N4OS2. The normalized spacial score (nSPS) is 21.8. The maximum atomic E-state index is 5.75. The van der Waals surface area contributed by atoms with E-state index in [4.69, 9.17) is 21.9 Å². The van der Waals surface area contributed by atoms with E-state index in [1.54, 1.807) is 0 Å². The molecule has 0 bridgehead atoms. The van der Waals surface area contributed by atoms with E-state index in [-0.39, 0.29) is 0 Å². The molecule has 7 heteroatoms. The van der Waals surface area contributed by atoms with Crippen LogP contribution >= 0.6 is 23.6 Å². The van der Waals surface area contributed by atoms with Crippen LogP contribution in [0.3, 0.4) is 0 Å². The van der Waals surface area contributed by atoms with Crippen molar-refractivity contribution in [3.8, 4) is 0 Å². The Morgan fingerprint density at radius 3 is 2.92 bits per heavy atom. The first-order valence-corrected chi connectivity index (χ1v) is 10.7. The number of hydrogen-bond acceptors (Lipinski definition) is 5. The van der Waals surface area contributed by atoms with Gasteiger partial charge in [-0.15, -0.1) is 11.3 Å². The lowest BCUT2D eigenvalue weighted by Crippen LogP contribution is -2.47. The Hall–Kier alpha value is -1.28. The smallest absolute Gasteiger partial charge is 0.169 e. The predicted molar refractivity (Wildman–Crippen MR) is 111 cm³/mol. The van der Waals surface area contributed by atoms with Crippen LogP contribution in [0, 0.1) is 0 Å². The number of thiocarbonyl (C=S) groups is 1. The Balaban J connectivity index is 1.39. The van der Waals surface area contributed by atoms with Gasteiger partial charge < -0.3 is 15.0 Å². The van der Waals surface area contributed by atoms with E-state index in [9.17, 15) is 0 Å². The van der Waals surface area contributed by atoms with Crippen LogP contribution in [-0.4, -0.2) is 65.8 Å². The first-order valence-electron chi connectivity index (χ1n) is 9.51. The fourth-order valence-corrected chi connectivity index (χ4v) is 5.15. The van der Waals surface area contributed by atoms with E-state index in [0.29, 0.717) is 6.04 Å². The summed E-state index contributed by atoms with van der Waals surface area (Å²) in [6, 6.07) is 8.71. The van der Waals surface area contributed by atoms with E-state index >= 15 is 0 Å². The van der Waals surface area contributed by atoms with Gasteiger partial charge in [0.05, 0.1) is 29.5 Å². The Morgan fingerprint density at radius 2 is 2.08 bits per heavy atom. The van der Waals surface area contributed by atoms with Gasteiger partial charge in [0.1, 0.15) is 5.01 Å². The summed E-state index contributed by atoms with van der Waals surface area (Å²) >= 11 is 7.56. The minimum Gasteiger partial charge on any atom is -0.379 e. The molecule has 2 aromatic rings.